The quantitative estimate of drug-likeness (QED) is 0.642. The van der Waals surface area contributed by atoms with E-state index in [0.717, 1.165) is 19.6 Å². The monoisotopic (exact) mass is 215 g/mol. The Kier molecular flexibility index (Phi) is 4.54. The Bertz CT molecular complexity index is 214. The minimum absolute atomic E-state index is 0.197. The summed E-state index contributed by atoms with van der Waals surface area (Å²) in [5, 5.41) is 3.21. The second kappa shape index (κ2) is 5.47. The van der Waals surface area contributed by atoms with Gasteiger partial charge in [0.25, 0.3) is 0 Å². The molecule has 4 heteroatoms. The van der Waals surface area contributed by atoms with Crippen LogP contribution in [0.1, 0.15) is 26.2 Å². The Morgan fingerprint density at radius 1 is 1.47 bits per heavy atom. The maximum absolute atomic E-state index is 11.2. The van der Waals surface area contributed by atoms with E-state index in [1.807, 2.05) is 6.92 Å². The van der Waals surface area contributed by atoms with Crippen molar-refractivity contribution in [2.75, 3.05) is 27.4 Å². The fraction of sp³-hybridized carbons (Fsp3) is 0.909. The summed E-state index contributed by atoms with van der Waals surface area (Å²) in [4.78, 5) is 11.2. The van der Waals surface area contributed by atoms with Crippen molar-refractivity contribution in [2.45, 2.75) is 32.2 Å². The molecule has 0 aromatic carbocycles. The van der Waals surface area contributed by atoms with Gasteiger partial charge in [0, 0.05) is 20.3 Å². The Morgan fingerprint density at radius 3 is 2.60 bits per heavy atom. The normalized spacial score (nSPS) is 19.7. The topological polar surface area (TPSA) is 47.6 Å². The Balaban J connectivity index is 2.21. The molecule has 1 N–H and O–H groups in total. The molecule has 0 aromatic heterocycles. The van der Waals surface area contributed by atoms with Crippen molar-refractivity contribution in [3.05, 3.63) is 0 Å². The second-order valence-corrected chi connectivity index (χ2v) is 4.37. The number of rotatable bonds is 7. The SMILES string of the molecule is COCCC1(CNC(C)C(=O)OC)CC1. The number of carbonyl (C=O) groups is 1. The summed E-state index contributed by atoms with van der Waals surface area (Å²) >= 11 is 0. The van der Waals surface area contributed by atoms with Gasteiger partial charge < -0.3 is 14.8 Å². The summed E-state index contributed by atoms with van der Waals surface area (Å²) in [6.07, 6.45) is 3.54. The van der Waals surface area contributed by atoms with Crippen molar-refractivity contribution in [3.8, 4) is 0 Å². The van der Waals surface area contributed by atoms with Crippen molar-refractivity contribution in [2.24, 2.45) is 5.41 Å². The molecule has 1 saturated carbocycles. The van der Waals surface area contributed by atoms with Gasteiger partial charge in [0.15, 0.2) is 0 Å². The summed E-state index contributed by atoms with van der Waals surface area (Å²) in [5.74, 6) is -0.197. The molecule has 1 atom stereocenters. The van der Waals surface area contributed by atoms with E-state index < -0.39 is 0 Å². The van der Waals surface area contributed by atoms with Gasteiger partial charge in [-0.25, -0.2) is 0 Å². The lowest BCUT2D eigenvalue weighted by Crippen LogP contribution is -2.38. The van der Waals surface area contributed by atoms with E-state index in [1.165, 1.54) is 20.0 Å². The van der Waals surface area contributed by atoms with E-state index in [9.17, 15) is 4.79 Å². The number of carbonyl (C=O) groups excluding carboxylic acids is 1. The third-order valence-electron chi connectivity index (χ3n) is 3.13. The van der Waals surface area contributed by atoms with Crippen LogP contribution in [0.4, 0.5) is 0 Å². The van der Waals surface area contributed by atoms with Gasteiger partial charge in [-0.15, -0.1) is 0 Å². The molecule has 1 aliphatic carbocycles. The van der Waals surface area contributed by atoms with Gasteiger partial charge in [-0.3, -0.25) is 4.79 Å². The first-order valence-corrected chi connectivity index (χ1v) is 5.44. The molecule has 1 unspecified atom stereocenters. The largest absolute Gasteiger partial charge is 0.468 e. The first kappa shape index (κ1) is 12.5. The number of methoxy groups -OCH3 is 2. The second-order valence-electron chi connectivity index (χ2n) is 4.37. The highest BCUT2D eigenvalue weighted by molar-refractivity contribution is 5.75. The van der Waals surface area contributed by atoms with E-state index in [4.69, 9.17) is 4.74 Å². The van der Waals surface area contributed by atoms with Gasteiger partial charge in [-0.1, -0.05) is 0 Å². The molecular formula is C11H21NO3. The van der Waals surface area contributed by atoms with E-state index in [-0.39, 0.29) is 12.0 Å². The zero-order valence-corrected chi connectivity index (χ0v) is 9.84. The van der Waals surface area contributed by atoms with Crippen molar-refractivity contribution in [1.29, 1.82) is 0 Å². The van der Waals surface area contributed by atoms with E-state index in [2.05, 4.69) is 10.1 Å². The zero-order chi connectivity index (χ0) is 11.3. The van der Waals surface area contributed by atoms with Gasteiger partial charge >= 0.3 is 5.97 Å². The molecular weight excluding hydrogens is 194 g/mol. The molecule has 0 amide bonds. The predicted molar refractivity (Wildman–Crippen MR) is 57.6 cm³/mol. The molecule has 0 heterocycles. The smallest absolute Gasteiger partial charge is 0.322 e. The average molecular weight is 215 g/mol. The zero-order valence-electron chi connectivity index (χ0n) is 9.84. The van der Waals surface area contributed by atoms with Crippen LogP contribution in [0.3, 0.4) is 0 Å². The fourth-order valence-electron chi connectivity index (χ4n) is 1.64. The summed E-state index contributed by atoms with van der Waals surface area (Å²) in [6, 6.07) is -0.213. The lowest BCUT2D eigenvalue weighted by Gasteiger charge is -2.18. The summed E-state index contributed by atoms with van der Waals surface area (Å²) in [5.41, 5.74) is 0.373. The Hall–Kier alpha value is -0.610. The summed E-state index contributed by atoms with van der Waals surface area (Å²) in [6.45, 7) is 3.51. The molecule has 15 heavy (non-hydrogen) atoms. The van der Waals surface area contributed by atoms with Crippen molar-refractivity contribution < 1.29 is 14.3 Å². The number of nitrogens with one attached hydrogen (secondary N) is 1. The Morgan fingerprint density at radius 2 is 2.13 bits per heavy atom. The molecule has 1 rings (SSSR count). The molecule has 1 aliphatic rings. The maximum atomic E-state index is 11.2. The third-order valence-corrected chi connectivity index (χ3v) is 3.13. The van der Waals surface area contributed by atoms with Crippen LogP contribution >= 0.6 is 0 Å². The highest BCUT2D eigenvalue weighted by Gasteiger charge is 2.42. The van der Waals surface area contributed by atoms with Crippen LogP contribution in [0.5, 0.6) is 0 Å². The first-order chi connectivity index (χ1) is 7.13. The van der Waals surface area contributed by atoms with E-state index >= 15 is 0 Å². The van der Waals surface area contributed by atoms with Crippen LogP contribution in [0.25, 0.3) is 0 Å². The summed E-state index contributed by atoms with van der Waals surface area (Å²) < 4.78 is 9.73. The van der Waals surface area contributed by atoms with Crippen LogP contribution in [0.2, 0.25) is 0 Å². The molecule has 88 valence electrons. The third kappa shape index (κ3) is 3.80. The van der Waals surface area contributed by atoms with Crippen LogP contribution in [0.15, 0.2) is 0 Å². The molecule has 0 radical (unpaired) electrons. The minimum atomic E-state index is -0.213. The van der Waals surface area contributed by atoms with Crippen LogP contribution < -0.4 is 5.32 Å². The number of hydrogen-bond acceptors (Lipinski definition) is 4. The summed E-state index contributed by atoms with van der Waals surface area (Å²) in [7, 11) is 3.14. The van der Waals surface area contributed by atoms with E-state index in [1.54, 1.807) is 7.11 Å². The van der Waals surface area contributed by atoms with Gasteiger partial charge in [-0.2, -0.15) is 0 Å². The molecule has 1 fully saturated rings. The molecule has 0 aromatic rings. The number of esters is 1. The predicted octanol–water partition coefficient (Wildman–Crippen LogP) is 0.954. The van der Waals surface area contributed by atoms with Crippen molar-refractivity contribution in [1.82, 2.24) is 5.32 Å². The lowest BCUT2D eigenvalue weighted by atomic mass is 10.0. The first-order valence-electron chi connectivity index (χ1n) is 5.44. The molecule has 4 nitrogen and oxygen atoms in total. The highest BCUT2D eigenvalue weighted by atomic mass is 16.5. The fourth-order valence-corrected chi connectivity index (χ4v) is 1.64. The highest BCUT2D eigenvalue weighted by Crippen LogP contribution is 2.48. The lowest BCUT2D eigenvalue weighted by molar-refractivity contribution is -0.142. The molecule has 0 bridgehead atoms. The number of hydrogen-bond donors (Lipinski definition) is 1. The van der Waals surface area contributed by atoms with Gasteiger partial charge in [0.1, 0.15) is 6.04 Å². The molecule has 0 saturated heterocycles. The van der Waals surface area contributed by atoms with Crippen LogP contribution in [-0.2, 0) is 14.3 Å². The minimum Gasteiger partial charge on any atom is -0.468 e. The Labute approximate surface area is 91.3 Å². The standard InChI is InChI=1S/C11H21NO3/c1-9(10(13)15-3)12-8-11(4-5-11)6-7-14-2/h9,12H,4-8H2,1-3H3. The van der Waals surface area contributed by atoms with Crippen LogP contribution in [0, 0.1) is 5.41 Å². The van der Waals surface area contributed by atoms with Crippen molar-refractivity contribution in [3.63, 3.8) is 0 Å². The molecule has 0 spiro atoms. The average Bonchev–Trinajstić information content (AvgIpc) is 3.03. The molecule has 0 aliphatic heterocycles. The van der Waals surface area contributed by atoms with Crippen LogP contribution in [-0.4, -0.2) is 39.4 Å². The van der Waals surface area contributed by atoms with Gasteiger partial charge in [0.2, 0.25) is 0 Å². The van der Waals surface area contributed by atoms with E-state index in [0.29, 0.717) is 5.41 Å². The number of ether oxygens (including phenoxy) is 2. The van der Waals surface area contributed by atoms with Gasteiger partial charge in [0.05, 0.1) is 7.11 Å². The van der Waals surface area contributed by atoms with Gasteiger partial charge in [-0.05, 0) is 31.6 Å². The maximum Gasteiger partial charge on any atom is 0.322 e. The van der Waals surface area contributed by atoms with Crippen molar-refractivity contribution >= 4 is 5.97 Å².